The molecule has 0 saturated carbocycles. The zero-order valence-electron chi connectivity index (χ0n) is 8.97. The topological polar surface area (TPSA) is 38.0 Å². The molecule has 1 N–H and O–H groups in total. The van der Waals surface area contributed by atoms with E-state index in [2.05, 4.69) is 4.98 Å². The molecule has 2 rings (SSSR count). The Kier molecular flexibility index (Phi) is 3.01. The van der Waals surface area contributed by atoms with Gasteiger partial charge in [0.1, 0.15) is 5.82 Å². The number of aliphatic hydroxyl groups is 1. The highest BCUT2D eigenvalue weighted by atomic mass is 19.1. The van der Waals surface area contributed by atoms with E-state index in [1.807, 2.05) is 0 Å². The van der Waals surface area contributed by atoms with Crippen LogP contribution in [0.1, 0.15) is 17.2 Å². The van der Waals surface area contributed by atoms with E-state index in [4.69, 9.17) is 0 Å². The summed E-state index contributed by atoms with van der Waals surface area (Å²) in [6, 6.07) is 4.40. The maximum absolute atomic E-state index is 12.9. The van der Waals surface area contributed by atoms with Crippen molar-refractivity contribution in [3.63, 3.8) is 0 Å². The van der Waals surface area contributed by atoms with Crippen LogP contribution in [0.3, 0.4) is 0 Å². The molecular formula is C12H13FN2O. The molecule has 0 aliphatic heterocycles. The minimum Gasteiger partial charge on any atom is -0.387 e. The van der Waals surface area contributed by atoms with Crippen molar-refractivity contribution in [1.29, 1.82) is 0 Å². The number of hydrogen-bond donors (Lipinski definition) is 1. The van der Waals surface area contributed by atoms with E-state index in [9.17, 15) is 9.50 Å². The number of aliphatic hydroxyl groups excluding tert-OH is 1. The quantitative estimate of drug-likeness (QED) is 0.859. The fraction of sp³-hybridized carbons (Fsp3) is 0.250. The summed E-state index contributed by atoms with van der Waals surface area (Å²) in [4.78, 5) is 3.90. The van der Waals surface area contributed by atoms with Crippen molar-refractivity contribution in [3.8, 4) is 0 Å². The van der Waals surface area contributed by atoms with Gasteiger partial charge in [-0.15, -0.1) is 0 Å². The number of halogens is 1. The molecule has 3 nitrogen and oxygen atoms in total. The van der Waals surface area contributed by atoms with Crippen LogP contribution in [0, 0.1) is 12.7 Å². The lowest BCUT2D eigenvalue weighted by Crippen LogP contribution is -2.08. The minimum absolute atomic E-state index is 0.281. The lowest BCUT2D eigenvalue weighted by atomic mass is 10.0. The highest BCUT2D eigenvalue weighted by Crippen LogP contribution is 2.19. The van der Waals surface area contributed by atoms with Crippen molar-refractivity contribution in [1.82, 2.24) is 9.55 Å². The zero-order valence-corrected chi connectivity index (χ0v) is 8.97. The van der Waals surface area contributed by atoms with Gasteiger partial charge in [-0.25, -0.2) is 9.37 Å². The molecule has 2 aromatic rings. The van der Waals surface area contributed by atoms with Crippen molar-refractivity contribution >= 4 is 0 Å². The first-order valence-electron chi connectivity index (χ1n) is 5.06. The van der Waals surface area contributed by atoms with Crippen LogP contribution in [0.4, 0.5) is 4.39 Å². The van der Waals surface area contributed by atoms with Gasteiger partial charge in [-0.3, -0.25) is 0 Å². The molecule has 0 aliphatic rings. The van der Waals surface area contributed by atoms with Crippen LogP contribution >= 0.6 is 0 Å². The second-order valence-electron chi connectivity index (χ2n) is 3.78. The van der Waals surface area contributed by atoms with E-state index < -0.39 is 6.10 Å². The molecule has 1 aromatic carbocycles. The summed E-state index contributed by atoms with van der Waals surface area (Å²) in [6.07, 6.45) is 4.43. The van der Waals surface area contributed by atoms with Gasteiger partial charge in [0.15, 0.2) is 0 Å². The predicted molar refractivity (Wildman–Crippen MR) is 58.3 cm³/mol. The molecule has 1 aromatic heterocycles. The number of aromatic nitrogens is 2. The monoisotopic (exact) mass is 220 g/mol. The highest BCUT2D eigenvalue weighted by molar-refractivity contribution is 5.28. The third kappa shape index (κ3) is 2.28. The number of aryl methyl sites for hydroxylation is 1. The van der Waals surface area contributed by atoms with E-state index in [0.717, 1.165) is 11.1 Å². The van der Waals surface area contributed by atoms with Crippen LogP contribution in [-0.2, 0) is 6.54 Å². The summed E-state index contributed by atoms with van der Waals surface area (Å²) < 4.78 is 14.7. The lowest BCUT2D eigenvalue weighted by molar-refractivity contribution is 0.155. The van der Waals surface area contributed by atoms with Gasteiger partial charge in [-0.1, -0.05) is 6.07 Å². The Morgan fingerprint density at radius 1 is 1.50 bits per heavy atom. The second-order valence-corrected chi connectivity index (χ2v) is 3.78. The molecule has 16 heavy (non-hydrogen) atoms. The van der Waals surface area contributed by atoms with Gasteiger partial charge in [0, 0.05) is 12.4 Å². The van der Waals surface area contributed by atoms with Crippen LogP contribution in [0.25, 0.3) is 0 Å². The van der Waals surface area contributed by atoms with Crippen LogP contribution in [0.5, 0.6) is 0 Å². The SMILES string of the molecule is Cc1cc(F)ccc1C(O)Cn1ccnc1. The number of benzene rings is 1. The van der Waals surface area contributed by atoms with Gasteiger partial charge in [0.2, 0.25) is 0 Å². The van der Waals surface area contributed by atoms with E-state index in [1.165, 1.54) is 12.1 Å². The first kappa shape index (κ1) is 10.8. The Labute approximate surface area is 93.2 Å². The molecular weight excluding hydrogens is 207 g/mol. The minimum atomic E-state index is -0.644. The van der Waals surface area contributed by atoms with E-state index in [0.29, 0.717) is 6.54 Å². The molecule has 84 valence electrons. The summed E-state index contributed by atoms with van der Waals surface area (Å²) >= 11 is 0. The van der Waals surface area contributed by atoms with Crippen molar-refractivity contribution in [2.24, 2.45) is 0 Å². The first-order valence-corrected chi connectivity index (χ1v) is 5.06. The number of imidazole rings is 1. The van der Waals surface area contributed by atoms with E-state index in [-0.39, 0.29) is 5.82 Å². The first-order chi connectivity index (χ1) is 7.66. The van der Waals surface area contributed by atoms with E-state index in [1.54, 1.807) is 36.3 Å². The molecule has 1 unspecified atom stereocenters. The average Bonchev–Trinajstić information content (AvgIpc) is 2.70. The Morgan fingerprint density at radius 2 is 2.31 bits per heavy atom. The number of rotatable bonds is 3. The molecule has 0 radical (unpaired) electrons. The molecule has 4 heteroatoms. The molecule has 1 atom stereocenters. The van der Waals surface area contributed by atoms with Gasteiger partial charge in [-0.05, 0) is 30.2 Å². The molecule has 0 spiro atoms. The Morgan fingerprint density at radius 3 is 2.94 bits per heavy atom. The van der Waals surface area contributed by atoms with Gasteiger partial charge in [0.25, 0.3) is 0 Å². The second kappa shape index (κ2) is 4.45. The summed E-state index contributed by atoms with van der Waals surface area (Å²) in [7, 11) is 0. The molecule has 0 saturated heterocycles. The fourth-order valence-electron chi connectivity index (χ4n) is 1.71. The fourth-order valence-corrected chi connectivity index (χ4v) is 1.71. The highest BCUT2D eigenvalue weighted by Gasteiger charge is 2.11. The van der Waals surface area contributed by atoms with Gasteiger partial charge >= 0.3 is 0 Å². The smallest absolute Gasteiger partial charge is 0.123 e. The van der Waals surface area contributed by atoms with Crippen LogP contribution in [-0.4, -0.2) is 14.7 Å². The Bertz CT molecular complexity index is 468. The molecule has 0 amide bonds. The third-order valence-corrected chi connectivity index (χ3v) is 2.53. The molecule has 1 heterocycles. The normalized spacial score (nSPS) is 12.7. The van der Waals surface area contributed by atoms with Crippen molar-refractivity contribution in [2.45, 2.75) is 19.6 Å². The maximum Gasteiger partial charge on any atom is 0.123 e. The summed E-state index contributed by atoms with van der Waals surface area (Å²) in [6.45, 7) is 2.21. The molecule has 0 aliphatic carbocycles. The van der Waals surface area contributed by atoms with Gasteiger partial charge in [-0.2, -0.15) is 0 Å². The summed E-state index contributed by atoms with van der Waals surface area (Å²) in [5, 5.41) is 9.99. The van der Waals surface area contributed by atoms with Crippen molar-refractivity contribution in [3.05, 3.63) is 53.9 Å². The Hall–Kier alpha value is -1.68. The summed E-state index contributed by atoms with van der Waals surface area (Å²) in [5.41, 5.74) is 1.50. The van der Waals surface area contributed by atoms with Crippen LogP contribution < -0.4 is 0 Å². The zero-order chi connectivity index (χ0) is 11.5. The van der Waals surface area contributed by atoms with Crippen molar-refractivity contribution < 1.29 is 9.50 Å². The maximum atomic E-state index is 12.9. The number of hydrogen-bond acceptors (Lipinski definition) is 2. The van der Waals surface area contributed by atoms with Crippen molar-refractivity contribution in [2.75, 3.05) is 0 Å². The average molecular weight is 220 g/mol. The predicted octanol–water partition coefficient (Wildman–Crippen LogP) is 2.06. The van der Waals surface area contributed by atoms with E-state index >= 15 is 0 Å². The van der Waals surface area contributed by atoms with Crippen LogP contribution in [0.15, 0.2) is 36.9 Å². The Balaban J connectivity index is 2.17. The van der Waals surface area contributed by atoms with Gasteiger partial charge < -0.3 is 9.67 Å². The van der Waals surface area contributed by atoms with Crippen LogP contribution in [0.2, 0.25) is 0 Å². The van der Waals surface area contributed by atoms with Gasteiger partial charge in [0.05, 0.1) is 19.0 Å². The number of nitrogens with zero attached hydrogens (tertiary/aromatic N) is 2. The summed E-state index contributed by atoms with van der Waals surface area (Å²) in [5.74, 6) is -0.281. The lowest BCUT2D eigenvalue weighted by Gasteiger charge is -2.14. The third-order valence-electron chi connectivity index (χ3n) is 2.53. The molecule has 0 bridgehead atoms. The largest absolute Gasteiger partial charge is 0.387 e. The standard InChI is InChI=1S/C12H13FN2O/c1-9-6-10(13)2-3-11(9)12(16)7-15-5-4-14-8-15/h2-6,8,12,16H,7H2,1H3. The molecule has 0 fully saturated rings.